The van der Waals surface area contributed by atoms with E-state index < -0.39 is 5.60 Å². The zero-order valence-corrected chi connectivity index (χ0v) is 23.5. The fourth-order valence-electron chi connectivity index (χ4n) is 4.11. The van der Waals surface area contributed by atoms with Crippen molar-refractivity contribution >= 4 is 11.8 Å². The first-order valence-electron chi connectivity index (χ1n) is 13.6. The SMILES string of the molecule is CC(C)(C)OC(=O)NCCc1ccc(NCc2ccc(CN(Cc3ccccn3)Cc3ccccn3)nc2)cc1. The van der Waals surface area contributed by atoms with Crippen LogP contribution in [0.5, 0.6) is 0 Å². The van der Waals surface area contributed by atoms with Gasteiger partial charge in [0.05, 0.1) is 17.1 Å². The van der Waals surface area contributed by atoms with Crippen LogP contribution in [0.1, 0.15) is 49.0 Å². The Labute approximate surface area is 236 Å². The number of ether oxygens (including phenoxy) is 1. The Morgan fingerprint density at radius 2 is 1.38 bits per heavy atom. The van der Waals surface area contributed by atoms with Gasteiger partial charge in [0.1, 0.15) is 5.60 Å². The van der Waals surface area contributed by atoms with Gasteiger partial charge in [-0.15, -0.1) is 0 Å². The maximum atomic E-state index is 11.8. The first-order valence-corrected chi connectivity index (χ1v) is 13.6. The fourth-order valence-corrected chi connectivity index (χ4v) is 4.11. The van der Waals surface area contributed by atoms with E-state index in [1.54, 1.807) is 0 Å². The lowest BCUT2D eigenvalue weighted by Crippen LogP contribution is -2.33. The van der Waals surface area contributed by atoms with Gasteiger partial charge >= 0.3 is 6.09 Å². The van der Waals surface area contributed by atoms with Crippen molar-refractivity contribution in [3.05, 3.63) is 120 Å². The molecule has 4 aromatic rings. The highest BCUT2D eigenvalue weighted by atomic mass is 16.6. The summed E-state index contributed by atoms with van der Waals surface area (Å²) in [6.07, 6.45) is 5.93. The van der Waals surface area contributed by atoms with E-state index >= 15 is 0 Å². The minimum Gasteiger partial charge on any atom is -0.444 e. The number of nitrogens with zero attached hydrogens (tertiary/aromatic N) is 4. The number of carbonyl (C=O) groups excluding carboxylic acids is 1. The molecule has 1 aromatic carbocycles. The Hall–Kier alpha value is -4.30. The number of anilines is 1. The Kier molecular flexibility index (Phi) is 10.2. The molecule has 0 unspecified atom stereocenters. The number of amides is 1. The molecular formula is C32H38N6O2. The van der Waals surface area contributed by atoms with Crippen molar-refractivity contribution in [3.63, 3.8) is 0 Å². The molecule has 0 bridgehead atoms. The number of rotatable bonds is 12. The number of benzene rings is 1. The topological polar surface area (TPSA) is 92.3 Å². The van der Waals surface area contributed by atoms with Crippen LogP contribution in [0.25, 0.3) is 0 Å². The van der Waals surface area contributed by atoms with Gasteiger partial charge in [0, 0.05) is 57.0 Å². The summed E-state index contributed by atoms with van der Waals surface area (Å²) in [4.78, 5) is 27.8. The molecule has 0 saturated carbocycles. The quantitative estimate of drug-likeness (QED) is 0.237. The Morgan fingerprint density at radius 3 is 1.90 bits per heavy atom. The van der Waals surface area contributed by atoms with Crippen LogP contribution in [-0.2, 0) is 37.3 Å². The van der Waals surface area contributed by atoms with Crippen molar-refractivity contribution in [2.75, 3.05) is 11.9 Å². The van der Waals surface area contributed by atoms with Gasteiger partial charge in [0.15, 0.2) is 0 Å². The second-order valence-corrected chi connectivity index (χ2v) is 10.7. The minimum absolute atomic E-state index is 0.389. The zero-order chi connectivity index (χ0) is 28.2. The molecule has 4 rings (SSSR count). The van der Waals surface area contributed by atoms with Crippen LogP contribution < -0.4 is 10.6 Å². The van der Waals surface area contributed by atoms with Crippen molar-refractivity contribution in [2.24, 2.45) is 0 Å². The molecule has 3 heterocycles. The summed E-state index contributed by atoms with van der Waals surface area (Å²) in [5, 5.41) is 6.25. The maximum absolute atomic E-state index is 11.8. The predicted molar refractivity (Wildman–Crippen MR) is 157 cm³/mol. The van der Waals surface area contributed by atoms with Crippen molar-refractivity contribution in [1.82, 2.24) is 25.2 Å². The van der Waals surface area contributed by atoms with Gasteiger partial charge in [-0.1, -0.05) is 30.3 Å². The molecule has 0 aliphatic rings. The third-order valence-electron chi connectivity index (χ3n) is 6.03. The van der Waals surface area contributed by atoms with E-state index in [0.717, 1.165) is 53.4 Å². The van der Waals surface area contributed by atoms with E-state index in [-0.39, 0.29) is 6.09 Å². The van der Waals surface area contributed by atoms with Crippen molar-refractivity contribution < 1.29 is 9.53 Å². The first-order chi connectivity index (χ1) is 19.3. The highest BCUT2D eigenvalue weighted by Crippen LogP contribution is 2.14. The second-order valence-electron chi connectivity index (χ2n) is 10.7. The van der Waals surface area contributed by atoms with Crippen LogP contribution in [0.3, 0.4) is 0 Å². The summed E-state index contributed by atoms with van der Waals surface area (Å²) in [6, 6.07) is 24.4. The normalized spacial score (nSPS) is 11.3. The van der Waals surface area contributed by atoms with Crippen molar-refractivity contribution in [3.8, 4) is 0 Å². The standard InChI is InChI=1S/C32H38N6O2/c1-32(2,3)40-31(39)35-19-16-25-10-13-27(14-11-25)36-20-26-12-15-30(37-21-26)24-38(22-28-8-4-6-17-33-28)23-29-9-5-7-18-34-29/h4-15,17-18,21,36H,16,19-20,22-24H2,1-3H3,(H,35,39). The third kappa shape index (κ3) is 10.1. The monoisotopic (exact) mass is 538 g/mol. The number of aromatic nitrogens is 3. The number of pyridine rings is 3. The van der Waals surface area contributed by atoms with E-state index in [0.29, 0.717) is 19.6 Å². The smallest absolute Gasteiger partial charge is 0.407 e. The van der Waals surface area contributed by atoms with Gasteiger partial charge in [-0.05, 0) is 80.8 Å². The number of nitrogens with one attached hydrogen (secondary N) is 2. The molecule has 1 amide bonds. The van der Waals surface area contributed by atoms with Gasteiger partial charge in [0.2, 0.25) is 0 Å². The number of carbonyl (C=O) groups is 1. The lowest BCUT2D eigenvalue weighted by Gasteiger charge is -2.21. The summed E-state index contributed by atoms with van der Waals surface area (Å²) < 4.78 is 5.27. The Bertz CT molecular complexity index is 1270. The third-order valence-corrected chi connectivity index (χ3v) is 6.03. The summed E-state index contributed by atoms with van der Waals surface area (Å²) in [5.41, 5.74) is 5.83. The van der Waals surface area contributed by atoms with Crippen LogP contribution in [-0.4, -0.2) is 38.1 Å². The molecule has 208 valence electrons. The van der Waals surface area contributed by atoms with Crippen LogP contribution in [0.4, 0.5) is 10.5 Å². The van der Waals surface area contributed by atoms with Gasteiger partial charge in [-0.25, -0.2) is 4.79 Å². The molecule has 0 atom stereocenters. The summed E-state index contributed by atoms with van der Waals surface area (Å²) in [5.74, 6) is 0. The Balaban J connectivity index is 1.26. The first kappa shape index (κ1) is 28.7. The molecule has 0 radical (unpaired) electrons. The van der Waals surface area contributed by atoms with Crippen molar-refractivity contribution in [1.29, 1.82) is 0 Å². The minimum atomic E-state index is -0.492. The number of hydrogen-bond donors (Lipinski definition) is 2. The highest BCUT2D eigenvalue weighted by molar-refractivity contribution is 5.67. The molecule has 0 saturated heterocycles. The molecule has 0 aliphatic carbocycles. The van der Waals surface area contributed by atoms with Crippen molar-refractivity contribution in [2.45, 2.75) is 59.0 Å². The predicted octanol–water partition coefficient (Wildman–Crippen LogP) is 5.75. The molecule has 0 aliphatic heterocycles. The van der Waals surface area contributed by atoms with Crippen LogP contribution >= 0.6 is 0 Å². The van der Waals surface area contributed by atoms with E-state index in [2.05, 4.69) is 61.9 Å². The Morgan fingerprint density at radius 1 is 0.775 bits per heavy atom. The molecule has 2 N–H and O–H groups in total. The summed E-state index contributed by atoms with van der Waals surface area (Å²) in [6.45, 7) is 8.90. The summed E-state index contributed by atoms with van der Waals surface area (Å²) in [7, 11) is 0. The van der Waals surface area contributed by atoms with Gasteiger partial charge < -0.3 is 15.4 Å². The second kappa shape index (κ2) is 14.2. The number of alkyl carbamates (subject to hydrolysis) is 1. The summed E-state index contributed by atoms with van der Waals surface area (Å²) >= 11 is 0. The van der Waals surface area contributed by atoms with Gasteiger partial charge in [0.25, 0.3) is 0 Å². The van der Waals surface area contributed by atoms with E-state index in [1.807, 2.05) is 75.8 Å². The maximum Gasteiger partial charge on any atom is 0.407 e. The number of hydrogen-bond acceptors (Lipinski definition) is 7. The van der Waals surface area contributed by atoms with Gasteiger partial charge in [-0.2, -0.15) is 0 Å². The average molecular weight is 539 g/mol. The lowest BCUT2D eigenvalue weighted by atomic mass is 10.1. The molecule has 8 nitrogen and oxygen atoms in total. The van der Waals surface area contributed by atoms with E-state index in [9.17, 15) is 4.79 Å². The van der Waals surface area contributed by atoms with E-state index in [4.69, 9.17) is 9.72 Å². The molecule has 3 aromatic heterocycles. The molecule has 0 fully saturated rings. The van der Waals surface area contributed by atoms with Crippen LogP contribution in [0.15, 0.2) is 91.4 Å². The van der Waals surface area contributed by atoms with Crippen LogP contribution in [0.2, 0.25) is 0 Å². The molecule has 8 heteroatoms. The largest absolute Gasteiger partial charge is 0.444 e. The molecular weight excluding hydrogens is 500 g/mol. The lowest BCUT2D eigenvalue weighted by molar-refractivity contribution is 0.0528. The highest BCUT2D eigenvalue weighted by Gasteiger charge is 2.15. The van der Waals surface area contributed by atoms with E-state index in [1.165, 1.54) is 0 Å². The molecule has 0 spiro atoms. The zero-order valence-electron chi connectivity index (χ0n) is 23.5. The van der Waals surface area contributed by atoms with Crippen LogP contribution in [0, 0.1) is 0 Å². The molecule has 40 heavy (non-hydrogen) atoms. The van der Waals surface area contributed by atoms with Gasteiger partial charge in [-0.3, -0.25) is 19.9 Å². The fraction of sp³-hybridized carbons (Fsp3) is 0.312. The average Bonchev–Trinajstić information content (AvgIpc) is 2.93.